The molecule has 112 valence electrons. The minimum atomic E-state index is 0.452. The second kappa shape index (κ2) is 7.79. The highest BCUT2D eigenvalue weighted by Gasteiger charge is 2.08. The first-order valence-electron chi connectivity index (χ1n) is 7.68. The van der Waals surface area contributed by atoms with Crippen molar-refractivity contribution in [3.05, 3.63) is 59.9 Å². The van der Waals surface area contributed by atoms with Gasteiger partial charge in [0.25, 0.3) is 0 Å². The minimum absolute atomic E-state index is 0.452. The Morgan fingerprint density at radius 3 is 2.48 bits per heavy atom. The number of rotatable bonds is 7. The van der Waals surface area contributed by atoms with E-state index in [1.807, 2.05) is 18.5 Å². The van der Waals surface area contributed by atoms with E-state index in [4.69, 9.17) is 0 Å². The third kappa shape index (κ3) is 4.30. The SMILES string of the molecule is CCNC(CC)c1ccc(N(C)Cc2cccnc2)cc1. The van der Waals surface area contributed by atoms with Crippen molar-refractivity contribution in [1.82, 2.24) is 10.3 Å². The standard InChI is InChI=1S/C18H25N3/c1-4-18(20-5-2)16-8-10-17(11-9-16)21(3)14-15-7-6-12-19-13-15/h6-13,18,20H,4-5,14H2,1-3H3. The van der Waals surface area contributed by atoms with E-state index in [9.17, 15) is 0 Å². The van der Waals surface area contributed by atoms with Gasteiger partial charge in [0.05, 0.1) is 0 Å². The lowest BCUT2D eigenvalue weighted by molar-refractivity contribution is 0.537. The third-order valence-corrected chi connectivity index (χ3v) is 3.74. The fourth-order valence-electron chi connectivity index (χ4n) is 2.56. The summed E-state index contributed by atoms with van der Waals surface area (Å²) in [5.74, 6) is 0. The van der Waals surface area contributed by atoms with Crippen LogP contribution in [0.5, 0.6) is 0 Å². The molecule has 0 amide bonds. The van der Waals surface area contributed by atoms with Crippen LogP contribution in [-0.2, 0) is 6.54 Å². The predicted octanol–water partition coefficient (Wildman–Crippen LogP) is 3.78. The molecule has 1 aromatic heterocycles. The van der Waals surface area contributed by atoms with Crippen molar-refractivity contribution in [2.45, 2.75) is 32.9 Å². The molecule has 0 saturated carbocycles. The van der Waals surface area contributed by atoms with Gasteiger partial charge in [-0.3, -0.25) is 4.98 Å². The molecule has 2 aromatic rings. The topological polar surface area (TPSA) is 28.2 Å². The van der Waals surface area contributed by atoms with E-state index in [2.05, 4.69) is 66.4 Å². The van der Waals surface area contributed by atoms with Crippen LogP contribution in [0, 0.1) is 0 Å². The molecule has 1 unspecified atom stereocenters. The fraction of sp³-hybridized carbons (Fsp3) is 0.389. The van der Waals surface area contributed by atoms with Gasteiger partial charge in [-0.1, -0.05) is 32.0 Å². The molecule has 3 heteroatoms. The summed E-state index contributed by atoms with van der Waals surface area (Å²) in [6, 6.07) is 13.4. The Kier molecular flexibility index (Phi) is 5.76. The second-order valence-corrected chi connectivity index (χ2v) is 5.33. The van der Waals surface area contributed by atoms with Crippen LogP contribution in [-0.4, -0.2) is 18.6 Å². The van der Waals surface area contributed by atoms with Gasteiger partial charge < -0.3 is 10.2 Å². The summed E-state index contributed by atoms with van der Waals surface area (Å²) < 4.78 is 0. The van der Waals surface area contributed by atoms with Crippen molar-refractivity contribution in [2.24, 2.45) is 0 Å². The number of nitrogens with zero attached hydrogens (tertiary/aromatic N) is 2. The van der Waals surface area contributed by atoms with Crippen molar-refractivity contribution in [3.63, 3.8) is 0 Å². The van der Waals surface area contributed by atoms with Gasteiger partial charge in [-0.05, 0) is 42.3 Å². The van der Waals surface area contributed by atoms with E-state index in [1.54, 1.807) is 0 Å². The van der Waals surface area contributed by atoms with Gasteiger partial charge in [0.15, 0.2) is 0 Å². The lowest BCUT2D eigenvalue weighted by atomic mass is 10.0. The molecule has 1 atom stereocenters. The van der Waals surface area contributed by atoms with Crippen LogP contribution >= 0.6 is 0 Å². The molecule has 0 spiro atoms. The average Bonchev–Trinajstić information content (AvgIpc) is 2.54. The first-order valence-corrected chi connectivity index (χ1v) is 7.68. The molecular formula is C18H25N3. The van der Waals surface area contributed by atoms with Crippen LogP contribution < -0.4 is 10.2 Å². The van der Waals surface area contributed by atoms with Gasteiger partial charge in [0, 0.05) is 37.7 Å². The van der Waals surface area contributed by atoms with Crippen LogP contribution in [0.2, 0.25) is 0 Å². The van der Waals surface area contributed by atoms with Gasteiger partial charge in [0.2, 0.25) is 0 Å². The zero-order chi connectivity index (χ0) is 15.1. The van der Waals surface area contributed by atoms with Crippen molar-refractivity contribution in [2.75, 3.05) is 18.5 Å². The highest BCUT2D eigenvalue weighted by atomic mass is 15.1. The monoisotopic (exact) mass is 283 g/mol. The molecule has 0 aliphatic carbocycles. The maximum absolute atomic E-state index is 4.17. The summed E-state index contributed by atoms with van der Waals surface area (Å²) in [6.07, 6.45) is 4.84. The molecule has 0 radical (unpaired) electrons. The summed E-state index contributed by atoms with van der Waals surface area (Å²) >= 11 is 0. The molecule has 1 N–H and O–H groups in total. The molecule has 2 rings (SSSR count). The van der Waals surface area contributed by atoms with Crippen molar-refractivity contribution < 1.29 is 0 Å². The number of hydrogen-bond acceptors (Lipinski definition) is 3. The summed E-state index contributed by atoms with van der Waals surface area (Å²) in [5, 5.41) is 3.52. The number of pyridine rings is 1. The molecule has 0 bridgehead atoms. The summed E-state index contributed by atoms with van der Waals surface area (Å²) in [6.45, 7) is 6.24. The number of hydrogen-bond donors (Lipinski definition) is 1. The molecule has 0 aliphatic rings. The molecule has 21 heavy (non-hydrogen) atoms. The minimum Gasteiger partial charge on any atom is -0.370 e. The molecule has 0 saturated heterocycles. The molecule has 3 nitrogen and oxygen atoms in total. The zero-order valence-corrected chi connectivity index (χ0v) is 13.2. The average molecular weight is 283 g/mol. The summed E-state index contributed by atoms with van der Waals surface area (Å²) in [4.78, 5) is 6.41. The van der Waals surface area contributed by atoms with Crippen molar-refractivity contribution in [3.8, 4) is 0 Å². The van der Waals surface area contributed by atoms with Gasteiger partial charge in [-0.15, -0.1) is 0 Å². The van der Waals surface area contributed by atoms with Crippen molar-refractivity contribution in [1.29, 1.82) is 0 Å². The van der Waals surface area contributed by atoms with Gasteiger partial charge in [-0.25, -0.2) is 0 Å². The Hall–Kier alpha value is -1.87. The molecule has 1 aromatic carbocycles. The van der Waals surface area contributed by atoms with E-state index < -0.39 is 0 Å². The Bertz CT molecular complexity index is 522. The van der Waals surface area contributed by atoms with E-state index in [-0.39, 0.29) is 0 Å². The van der Waals surface area contributed by atoms with E-state index in [1.165, 1.54) is 16.8 Å². The summed E-state index contributed by atoms with van der Waals surface area (Å²) in [5.41, 5.74) is 3.81. The smallest absolute Gasteiger partial charge is 0.0441 e. The third-order valence-electron chi connectivity index (χ3n) is 3.74. The quantitative estimate of drug-likeness (QED) is 0.838. The largest absolute Gasteiger partial charge is 0.370 e. The zero-order valence-electron chi connectivity index (χ0n) is 13.2. The maximum atomic E-state index is 4.17. The normalized spacial score (nSPS) is 12.1. The van der Waals surface area contributed by atoms with Crippen LogP contribution in [0.3, 0.4) is 0 Å². The molecule has 0 aliphatic heterocycles. The Morgan fingerprint density at radius 2 is 1.90 bits per heavy atom. The summed E-state index contributed by atoms with van der Waals surface area (Å²) in [7, 11) is 2.11. The number of aromatic nitrogens is 1. The second-order valence-electron chi connectivity index (χ2n) is 5.33. The Labute approximate surface area is 128 Å². The Balaban J connectivity index is 2.04. The predicted molar refractivity (Wildman–Crippen MR) is 89.5 cm³/mol. The number of benzene rings is 1. The first kappa shape index (κ1) is 15.5. The van der Waals surface area contributed by atoms with Crippen molar-refractivity contribution >= 4 is 5.69 Å². The highest BCUT2D eigenvalue weighted by Crippen LogP contribution is 2.21. The molecule has 0 fully saturated rings. The van der Waals surface area contributed by atoms with E-state index in [0.717, 1.165) is 19.5 Å². The molecular weight excluding hydrogens is 258 g/mol. The number of nitrogens with one attached hydrogen (secondary N) is 1. The van der Waals surface area contributed by atoms with Crippen LogP contribution in [0.25, 0.3) is 0 Å². The van der Waals surface area contributed by atoms with E-state index >= 15 is 0 Å². The first-order chi connectivity index (χ1) is 10.2. The Morgan fingerprint density at radius 1 is 1.14 bits per heavy atom. The van der Waals surface area contributed by atoms with Crippen LogP contribution in [0.1, 0.15) is 37.4 Å². The van der Waals surface area contributed by atoms with E-state index in [0.29, 0.717) is 6.04 Å². The maximum Gasteiger partial charge on any atom is 0.0441 e. The lowest BCUT2D eigenvalue weighted by Crippen LogP contribution is -2.20. The van der Waals surface area contributed by atoms with Gasteiger partial charge in [0.1, 0.15) is 0 Å². The van der Waals surface area contributed by atoms with Crippen LogP contribution in [0.15, 0.2) is 48.8 Å². The lowest BCUT2D eigenvalue weighted by Gasteiger charge is -2.21. The molecule has 1 heterocycles. The van der Waals surface area contributed by atoms with Crippen LogP contribution in [0.4, 0.5) is 5.69 Å². The fourth-order valence-corrected chi connectivity index (χ4v) is 2.56. The van der Waals surface area contributed by atoms with Gasteiger partial charge in [-0.2, -0.15) is 0 Å². The highest BCUT2D eigenvalue weighted by molar-refractivity contribution is 5.47. The number of anilines is 1. The van der Waals surface area contributed by atoms with Gasteiger partial charge >= 0.3 is 0 Å².